The molecule has 0 aliphatic carbocycles. The lowest BCUT2D eigenvalue weighted by Crippen LogP contribution is -2.32. The molecule has 0 aromatic heterocycles. The number of para-hydroxylation sites is 1. The van der Waals surface area contributed by atoms with Gasteiger partial charge in [-0.2, -0.15) is 0 Å². The molecule has 2 amide bonds. The SMILES string of the molecule is CCCC(=O)NCC(=O)Nc1ccccc1C(=O)OCC. The van der Waals surface area contributed by atoms with E-state index < -0.39 is 11.9 Å². The zero-order valence-electron chi connectivity index (χ0n) is 12.3. The van der Waals surface area contributed by atoms with E-state index in [9.17, 15) is 14.4 Å². The molecular weight excluding hydrogens is 272 g/mol. The van der Waals surface area contributed by atoms with Gasteiger partial charge in [0.25, 0.3) is 0 Å². The van der Waals surface area contributed by atoms with Crippen molar-refractivity contribution in [3.8, 4) is 0 Å². The van der Waals surface area contributed by atoms with Crippen LogP contribution in [0.5, 0.6) is 0 Å². The standard InChI is InChI=1S/C15H20N2O4/c1-3-7-13(18)16-10-14(19)17-12-9-6-5-8-11(12)15(20)21-4-2/h5-6,8-9H,3-4,7,10H2,1-2H3,(H,16,18)(H,17,19). The van der Waals surface area contributed by atoms with Crippen LogP contribution >= 0.6 is 0 Å². The smallest absolute Gasteiger partial charge is 0.340 e. The van der Waals surface area contributed by atoms with Crippen molar-refractivity contribution in [2.45, 2.75) is 26.7 Å². The second-order valence-electron chi connectivity index (χ2n) is 4.34. The molecule has 6 nitrogen and oxygen atoms in total. The molecule has 0 aliphatic rings. The van der Waals surface area contributed by atoms with Crippen molar-refractivity contribution in [3.63, 3.8) is 0 Å². The van der Waals surface area contributed by atoms with Crippen LogP contribution in [0, 0.1) is 0 Å². The van der Waals surface area contributed by atoms with E-state index in [0.717, 1.165) is 6.42 Å². The lowest BCUT2D eigenvalue weighted by atomic mass is 10.2. The van der Waals surface area contributed by atoms with Crippen LogP contribution in [0.4, 0.5) is 5.69 Å². The van der Waals surface area contributed by atoms with Crippen LogP contribution in [0.1, 0.15) is 37.0 Å². The molecule has 1 aromatic rings. The molecule has 1 aromatic carbocycles. The number of benzene rings is 1. The van der Waals surface area contributed by atoms with E-state index in [1.54, 1.807) is 31.2 Å². The Morgan fingerprint density at radius 2 is 1.81 bits per heavy atom. The zero-order chi connectivity index (χ0) is 15.7. The van der Waals surface area contributed by atoms with Crippen LogP contribution in [-0.4, -0.2) is 30.9 Å². The normalized spacial score (nSPS) is 9.81. The summed E-state index contributed by atoms with van der Waals surface area (Å²) in [7, 11) is 0. The number of amides is 2. The van der Waals surface area contributed by atoms with Crippen molar-refractivity contribution in [2.75, 3.05) is 18.5 Å². The predicted molar refractivity (Wildman–Crippen MR) is 78.9 cm³/mol. The first-order chi connectivity index (χ1) is 10.1. The molecule has 2 N–H and O–H groups in total. The molecule has 0 aliphatic heterocycles. The fourth-order valence-electron chi connectivity index (χ4n) is 1.67. The average molecular weight is 292 g/mol. The molecule has 0 saturated carbocycles. The number of rotatable bonds is 7. The molecule has 0 radical (unpaired) electrons. The lowest BCUT2D eigenvalue weighted by molar-refractivity contribution is -0.124. The Bertz CT molecular complexity index is 514. The highest BCUT2D eigenvalue weighted by Crippen LogP contribution is 2.16. The summed E-state index contributed by atoms with van der Waals surface area (Å²) >= 11 is 0. The van der Waals surface area contributed by atoms with Gasteiger partial charge >= 0.3 is 5.97 Å². The number of carbonyl (C=O) groups excluding carboxylic acids is 3. The van der Waals surface area contributed by atoms with E-state index in [1.807, 2.05) is 6.92 Å². The number of carbonyl (C=O) groups is 3. The number of hydrogen-bond acceptors (Lipinski definition) is 4. The summed E-state index contributed by atoms with van der Waals surface area (Å²) in [6, 6.07) is 6.57. The van der Waals surface area contributed by atoms with E-state index in [-0.39, 0.29) is 24.6 Å². The third-order valence-electron chi connectivity index (χ3n) is 2.62. The van der Waals surface area contributed by atoms with Gasteiger partial charge in [0.2, 0.25) is 11.8 Å². The molecule has 0 bridgehead atoms. The first kappa shape index (κ1) is 16.7. The molecule has 0 atom stereocenters. The van der Waals surface area contributed by atoms with Crippen LogP contribution in [-0.2, 0) is 14.3 Å². The van der Waals surface area contributed by atoms with Gasteiger partial charge in [-0.05, 0) is 25.5 Å². The number of anilines is 1. The van der Waals surface area contributed by atoms with E-state index >= 15 is 0 Å². The van der Waals surface area contributed by atoms with E-state index in [4.69, 9.17) is 4.74 Å². The first-order valence-corrected chi connectivity index (χ1v) is 6.91. The lowest BCUT2D eigenvalue weighted by Gasteiger charge is -2.10. The fourth-order valence-corrected chi connectivity index (χ4v) is 1.67. The van der Waals surface area contributed by atoms with Crippen molar-refractivity contribution in [1.29, 1.82) is 0 Å². The predicted octanol–water partition coefficient (Wildman–Crippen LogP) is 1.72. The zero-order valence-corrected chi connectivity index (χ0v) is 12.3. The van der Waals surface area contributed by atoms with Gasteiger partial charge in [-0.15, -0.1) is 0 Å². The monoisotopic (exact) mass is 292 g/mol. The highest BCUT2D eigenvalue weighted by molar-refractivity contribution is 6.02. The molecule has 6 heteroatoms. The van der Waals surface area contributed by atoms with Crippen molar-refractivity contribution in [2.24, 2.45) is 0 Å². The Balaban J connectivity index is 2.64. The molecular formula is C15H20N2O4. The van der Waals surface area contributed by atoms with Gasteiger partial charge < -0.3 is 15.4 Å². The average Bonchev–Trinajstić information content (AvgIpc) is 2.46. The summed E-state index contributed by atoms with van der Waals surface area (Å²) in [4.78, 5) is 34.8. The van der Waals surface area contributed by atoms with Crippen LogP contribution in [0.2, 0.25) is 0 Å². The molecule has 1 rings (SSSR count). The summed E-state index contributed by atoms with van der Waals surface area (Å²) in [6.07, 6.45) is 1.10. The van der Waals surface area contributed by atoms with Gasteiger partial charge in [0.1, 0.15) is 0 Å². The summed E-state index contributed by atoms with van der Waals surface area (Å²) < 4.78 is 4.92. The third-order valence-corrected chi connectivity index (χ3v) is 2.62. The first-order valence-electron chi connectivity index (χ1n) is 6.91. The van der Waals surface area contributed by atoms with Gasteiger partial charge in [0, 0.05) is 6.42 Å². The molecule has 0 fully saturated rings. The van der Waals surface area contributed by atoms with Gasteiger partial charge in [0.15, 0.2) is 0 Å². The number of hydrogen-bond donors (Lipinski definition) is 2. The van der Waals surface area contributed by atoms with E-state index in [1.165, 1.54) is 0 Å². The largest absolute Gasteiger partial charge is 0.462 e. The highest BCUT2D eigenvalue weighted by atomic mass is 16.5. The van der Waals surface area contributed by atoms with E-state index in [2.05, 4.69) is 10.6 Å². The second-order valence-corrected chi connectivity index (χ2v) is 4.34. The van der Waals surface area contributed by atoms with Crippen LogP contribution in [0.3, 0.4) is 0 Å². The van der Waals surface area contributed by atoms with Crippen molar-refractivity contribution in [1.82, 2.24) is 5.32 Å². The Morgan fingerprint density at radius 1 is 1.10 bits per heavy atom. The Labute approximate surface area is 123 Å². The number of nitrogens with one attached hydrogen (secondary N) is 2. The number of ether oxygens (including phenoxy) is 1. The Morgan fingerprint density at radius 3 is 2.48 bits per heavy atom. The Kier molecular flexibility index (Phi) is 6.94. The van der Waals surface area contributed by atoms with Crippen LogP contribution in [0.15, 0.2) is 24.3 Å². The van der Waals surface area contributed by atoms with Crippen molar-refractivity contribution >= 4 is 23.5 Å². The highest BCUT2D eigenvalue weighted by Gasteiger charge is 2.14. The molecule has 114 valence electrons. The molecule has 0 saturated heterocycles. The minimum Gasteiger partial charge on any atom is -0.462 e. The second kappa shape index (κ2) is 8.73. The minimum absolute atomic E-state index is 0.129. The van der Waals surface area contributed by atoms with Gasteiger partial charge in [-0.3, -0.25) is 9.59 Å². The maximum atomic E-state index is 11.8. The summed E-state index contributed by atoms with van der Waals surface area (Å²) in [5.41, 5.74) is 0.651. The van der Waals surface area contributed by atoms with Crippen molar-refractivity contribution < 1.29 is 19.1 Å². The van der Waals surface area contributed by atoms with Gasteiger partial charge in [-0.1, -0.05) is 19.1 Å². The van der Waals surface area contributed by atoms with Crippen LogP contribution < -0.4 is 10.6 Å². The van der Waals surface area contributed by atoms with Crippen molar-refractivity contribution in [3.05, 3.63) is 29.8 Å². The third kappa shape index (κ3) is 5.64. The fraction of sp³-hybridized carbons (Fsp3) is 0.400. The summed E-state index contributed by atoms with van der Waals surface area (Å²) in [5.74, 6) is -1.06. The molecule has 0 unspecified atom stereocenters. The molecule has 0 spiro atoms. The molecule has 21 heavy (non-hydrogen) atoms. The topological polar surface area (TPSA) is 84.5 Å². The Hall–Kier alpha value is -2.37. The molecule has 0 heterocycles. The maximum Gasteiger partial charge on any atom is 0.340 e. The van der Waals surface area contributed by atoms with Gasteiger partial charge in [-0.25, -0.2) is 4.79 Å². The van der Waals surface area contributed by atoms with E-state index in [0.29, 0.717) is 12.1 Å². The number of esters is 1. The summed E-state index contributed by atoms with van der Waals surface area (Å²) in [6.45, 7) is 3.72. The minimum atomic E-state index is -0.497. The quantitative estimate of drug-likeness (QED) is 0.749. The van der Waals surface area contributed by atoms with Gasteiger partial charge in [0.05, 0.1) is 24.4 Å². The maximum absolute atomic E-state index is 11.8. The van der Waals surface area contributed by atoms with Crippen LogP contribution in [0.25, 0.3) is 0 Å². The summed E-state index contributed by atoms with van der Waals surface area (Å²) in [5, 5.41) is 5.10.